The van der Waals surface area contributed by atoms with Gasteiger partial charge in [-0.2, -0.15) is 16.9 Å². The molecule has 0 radical (unpaired) electrons. The Bertz CT molecular complexity index is 383. The Hall–Kier alpha value is -0.840. The van der Waals surface area contributed by atoms with Crippen LogP contribution in [0.4, 0.5) is 5.95 Å². The lowest BCUT2D eigenvalue weighted by Gasteiger charge is -2.13. The SMILES string of the molecule is CCSC1CCC(Nc2nnc(C)c(C)n2)C1. The van der Waals surface area contributed by atoms with Gasteiger partial charge in [-0.15, -0.1) is 5.10 Å². The first-order valence-electron chi connectivity index (χ1n) is 6.25. The van der Waals surface area contributed by atoms with Gasteiger partial charge in [-0.3, -0.25) is 0 Å². The minimum atomic E-state index is 0.517. The first-order chi connectivity index (χ1) is 8.19. The zero-order valence-electron chi connectivity index (χ0n) is 10.7. The lowest BCUT2D eigenvalue weighted by atomic mass is 10.2. The summed E-state index contributed by atoms with van der Waals surface area (Å²) in [5, 5.41) is 12.4. The van der Waals surface area contributed by atoms with E-state index >= 15 is 0 Å². The average Bonchev–Trinajstić information content (AvgIpc) is 2.72. The van der Waals surface area contributed by atoms with Crippen LogP contribution in [-0.2, 0) is 0 Å². The molecule has 2 unspecified atom stereocenters. The van der Waals surface area contributed by atoms with Gasteiger partial charge in [0.05, 0.1) is 11.4 Å². The molecule has 0 amide bonds. The van der Waals surface area contributed by atoms with Gasteiger partial charge in [0.2, 0.25) is 5.95 Å². The van der Waals surface area contributed by atoms with Gasteiger partial charge in [0.15, 0.2) is 0 Å². The van der Waals surface area contributed by atoms with Crippen LogP contribution in [0.3, 0.4) is 0 Å². The molecule has 0 aromatic carbocycles. The third-order valence-electron chi connectivity index (χ3n) is 3.21. The zero-order valence-corrected chi connectivity index (χ0v) is 11.5. The standard InChI is InChI=1S/C12H20N4S/c1-4-17-11-6-5-10(7-11)14-12-13-8(2)9(3)15-16-12/h10-11H,4-7H2,1-3H3,(H,13,14,16). The van der Waals surface area contributed by atoms with Crippen molar-refractivity contribution in [1.82, 2.24) is 15.2 Å². The molecule has 1 N–H and O–H groups in total. The fourth-order valence-electron chi connectivity index (χ4n) is 2.16. The molecule has 5 heteroatoms. The van der Waals surface area contributed by atoms with E-state index in [9.17, 15) is 0 Å². The second kappa shape index (κ2) is 5.67. The smallest absolute Gasteiger partial charge is 0.243 e. The highest BCUT2D eigenvalue weighted by Gasteiger charge is 2.25. The highest BCUT2D eigenvalue weighted by Crippen LogP contribution is 2.30. The van der Waals surface area contributed by atoms with Crippen LogP contribution < -0.4 is 5.32 Å². The molecule has 1 aliphatic carbocycles. The average molecular weight is 252 g/mol. The summed E-state index contributed by atoms with van der Waals surface area (Å²) in [6, 6.07) is 0.517. The summed E-state index contributed by atoms with van der Waals surface area (Å²) < 4.78 is 0. The molecule has 1 heterocycles. The quantitative estimate of drug-likeness (QED) is 0.892. The maximum absolute atomic E-state index is 4.42. The van der Waals surface area contributed by atoms with Crippen molar-refractivity contribution in [1.29, 1.82) is 0 Å². The largest absolute Gasteiger partial charge is 0.350 e. The molecule has 2 rings (SSSR count). The maximum atomic E-state index is 4.42. The van der Waals surface area contributed by atoms with E-state index in [0.717, 1.165) is 16.6 Å². The second-order valence-electron chi connectivity index (χ2n) is 4.54. The molecule has 2 atom stereocenters. The van der Waals surface area contributed by atoms with Gasteiger partial charge in [0.25, 0.3) is 0 Å². The predicted molar refractivity (Wildman–Crippen MR) is 72.5 cm³/mol. The predicted octanol–water partition coefficient (Wildman–Crippen LogP) is 2.57. The Morgan fingerprint density at radius 1 is 1.24 bits per heavy atom. The summed E-state index contributed by atoms with van der Waals surface area (Å²) in [7, 11) is 0. The number of anilines is 1. The molecule has 94 valence electrons. The fraction of sp³-hybridized carbons (Fsp3) is 0.750. The van der Waals surface area contributed by atoms with Gasteiger partial charge < -0.3 is 5.32 Å². The summed E-state index contributed by atoms with van der Waals surface area (Å²) in [4.78, 5) is 4.42. The second-order valence-corrected chi connectivity index (χ2v) is 6.12. The first-order valence-corrected chi connectivity index (χ1v) is 7.30. The third-order valence-corrected chi connectivity index (χ3v) is 4.44. The van der Waals surface area contributed by atoms with Crippen LogP contribution >= 0.6 is 11.8 Å². The van der Waals surface area contributed by atoms with Crippen molar-refractivity contribution in [2.45, 2.75) is 51.3 Å². The van der Waals surface area contributed by atoms with Crippen molar-refractivity contribution in [3.05, 3.63) is 11.4 Å². The lowest BCUT2D eigenvalue weighted by molar-refractivity contribution is 0.734. The first kappa shape index (κ1) is 12.6. The highest BCUT2D eigenvalue weighted by atomic mass is 32.2. The van der Waals surface area contributed by atoms with Gasteiger partial charge in [-0.25, -0.2) is 4.98 Å². The molecule has 1 aromatic rings. The number of hydrogen-bond acceptors (Lipinski definition) is 5. The molecule has 1 aromatic heterocycles. The molecule has 0 saturated heterocycles. The van der Waals surface area contributed by atoms with Gasteiger partial charge in [-0.1, -0.05) is 6.92 Å². The summed E-state index contributed by atoms with van der Waals surface area (Å²) in [6.07, 6.45) is 3.73. The van der Waals surface area contributed by atoms with Crippen LogP contribution in [0.5, 0.6) is 0 Å². The Morgan fingerprint density at radius 2 is 2.06 bits per heavy atom. The molecular weight excluding hydrogens is 232 g/mol. The van der Waals surface area contributed by atoms with Crippen molar-refractivity contribution in [3.8, 4) is 0 Å². The molecule has 17 heavy (non-hydrogen) atoms. The molecule has 0 aliphatic heterocycles. The molecule has 4 nitrogen and oxygen atoms in total. The number of aromatic nitrogens is 3. The topological polar surface area (TPSA) is 50.7 Å². The van der Waals surface area contributed by atoms with Crippen molar-refractivity contribution in [2.24, 2.45) is 0 Å². The fourth-order valence-corrected chi connectivity index (χ4v) is 3.30. The number of nitrogens with zero attached hydrogens (tertiary/aromatic N) is 3. The summed E-state index contributed by atoms with van der Waals surface area (Å²) >= 11 is 2.06. The van der Waals surface area contributed by atoms with E-state index < -0.39 is 0 Å². The van der Waals surface area contributed by atoms with E-state index in [0.29, 0.717) is 12.0 Å². The van der Waals surface area contributed by atoms with Gasteiger partial charge in [-0.05, 0) is 38.9 Å². The van der Waals surface area contributed by atoms with Crippen LogP contribution in [0.2, 0.25) is 0 Å². The van der Waals surface area contributed by atoms with Crippen molar-refractivity contribution in [3.63, 3.8) is 0 Å². The summed E-state index contributed by atoms with van der Waals surface area (Å²) in [5.41, 5.74) is 1.86. The van der Waals surface area contributed by atoms with E-state index in [4.69, 9.17) is 0 Å². The minimum Gasteiger partial charge on any atom is -0.350 e. The zero-order chi connectivity index (χ0) is 12.3. The Balaban J connectivity index is 1.91. The molecule has 1 fully saturated rings. The molecule has 0 bridgehead atoms. The van der Waals surface area contributed by atoms with Crippen molar-refractivity contribution < 1.29 is 0 Å². The number of thioether (sulfide) groups is 1. The van der Waals surface area contributed by atoms with E-state index in [2.05, 4.69) is 39.2 Å². The molecule has 1 aliphatic rings. The Labute approximate surface area is 107 Å². The molecule has 1 saturated carbocycles. The Kier molecular flexibility index (Phi) is 4.20. The van der Waals surface area contributed by atoms with E-state index in [1.807, 2.05) is 13.8 Å². The Morgan fingerprint density at radius 3 is 2.76 bits per heavy atom. The number of nitrogens with one attached hydrogen (secondary N) is 1. The van der Waals surface area contributed by atoms with Crippen LogP contribution in [-0.4, -0.2) is 32.2 Å². The van der Waals surface area contributed by atoms with Crippen molar-refractivity contribution >= 4 is 17.7 Å². The maximum Gasteiger partial charge on any atom is 0.243 e. The monoisotopic (exact) mass is 252 g/mol. The van der Waals surface area contributed by atoms with Crippen LogP contribution in [0, 0.1) is 13.8 Å². The van der Waals surface area contributed by atoms with E-state index in [1.165, 1.54) is 25.0 Å². The van der Waals surface area contributed by atoms with Gasteiger partial charge >= 0.3 is 0 Å². The van der Waals surface area contributed by atoms with Gasteiger partial charge in [0, 0.05) is 11.3 Å². The number of hydrogen-bond donors (Lipinski definition) is 1. The van der Waals surface area contributed by atoms with Crippen LogP contribution in [0.15, 0.2) is 0 Å². The van der Waals surface area contributed by atoms with Crippen molar-refractivity contribution in [2.75, 3.05) is 11.1 Å². The van der Waals surface area contributed by atoms with Crippen LogP contribution in [0.25, 0.3) is 0 Å². The third kappa shape index (κ3) is 3.31. The summed E-state index contributed by atoms with van der Waals surface area (Å²) in [5.74, 6) is 1.89. The minimum absolute atomic E-state index is 0.517. The number of rotatable bonds is 4. The highest BCUT2D eigenvalue weighted by molar-refractivity contribution is 7.99. The summed E-state index contributed by atoms with van der Waals surface area (Å²) in [6.45, 7) is 6.13. The number of aryl methyl sites for hydroxylation is 2. The lowest BCUT2D eigenvalue weighted by Crippen LogP contribution is -2.19. The van der Waals surface area contributed by atoms with E-state index in [-0.39, 0.29) is 0 Å². The normalized spacial score (nSPS) is 23.9. The van der Waals surface area contributed by atoms with Gasteiger partial charge in [0.1, 0.15) is 0 Å². The molecular formula is C12H20N4S. The van der Waals surface area contributed by atoms with Crippen LogP contribution in [0.1, 0.15) is 37.6 Å². The van der Waals surface area contributed by atoms with E-state index in [1.54, 1.807) is 0 Å². The molecule has 0 spiro atoms.